The van der Waals surface area contributed by atoms with Gasteiger partial charge < -0.3 is 0 Å². The van der Waals surface area contributed by atoms with Crippen molar-refractivity contribution < 1.29 is 4.39 Å². The third-order valence-corrected chi connectivity index (χ3v) is 1.28. The number of hydrogen-bond acceptors (Lipinski definition) is 3. The van der Waals surface area contributed by atoms with Crippen molar-refractivity contribution in [1.82, 2.24) is 9.97 Å². The highest BCUT2D eigenvalue weighted by Gasteiger charge is 2.05. The summed E-state index contributed by atoms with van der Waals surface area (Å²) in [7, 11) is 0. The van der Waals surface area contributed by atoms with E-state index in [4.69, 9.17) is 5.26 Å². The van der Waals surface area contributed by atoms with Gasteiger partial charge in [0, 0.05) is 0 Å². The molecule has 0 bridgehead atoms. The fraction of sp³-hybridized carbons (Fsp3) is 0.286. The van der Waals surface area contributed by atoms with Crippen molar-refractivity contribution in [1.29, 1.82) is 5.26 Å². The Morgan fingerprint density at radius 1 is 1.64 bits per heavy atom. The van der Waals surface area contributed by atoms with E-state index in [0.717, 1.165) is 0 Å². The van der Waals surface area contributed by atoms with Crippen molar-refractivity contribution in [2.75, 3.05) is 0 Å². The van der Waals surface area contributed by atoms with Gasteiger partial charge in [0.1, 0.15) is 6.33 Å². The lowest BCUT2D eigenvalue weighted by Gasteiger charge is -1.97. The van der Waals surface area contributed by atoms with Crippen LogP contribution >= 0.6 is 0 Å². The highest BCUT2D eigenvalue weighted by Crippen LogP contribution is 2.05. The maximum atomic E-state index is 12.9. The molecular formula is C7H6FN3. The number of nitriles is 1. The molecule has 0 atom stereocenters. The van der Waals surface area contributed by atoms with Crippen LogP contribution in [-0.4, -0.2) is 9.97 Å². The molecule has 4 heteroatoms. The lowest BCUT2D eigenvalue weighted by Crippen LogP contribution is -1.98. The van der Waals surface area contributed by atoms with E-state index >= 15 is 0 Å². The van der Waals surface area contributed by atoms with Crippen LogP contribution in [0, 0.1) is 24.1 Å². The molecule has 0 N–H and O–H groups in total. The van der Waals surface area contributed by atoms with Crippen molar-refractivity contribution >= 4 is 0 Å². The molecule has 1 heterocycles. The summed E-state index contributed by atoms with van der Waals surface area (Å²) >= 11 is 0. The number of hydrogen-bond donors (Lipinski definition) is 0. The first-order valence-corrected chi connectivity index (χ1v) is 3.08. The van der Waals surface area contributed by atoms with Gasteiger partial charge in [0.15, 0.2) is 5.82 Å². The summed E-state index contributed by atoms with van der Waals surface area (Å²) in [5, 5.41) is 8.26. The zero-order valence-corrected chi connectivity index (χ0v) is 6.00. The van der Waals surface area contributed by atoms with Crippen molar-refractivity contribution in [3.8, 4) is 6.07 Å². The fourth-order valence-electron chi connectivity index (χ4n) is 0.705. The Morgan fingerprint density at radius 3 is 3.00 bits per heavy atom. The average Bonchev–Trinajstić information content (AvgIpc) is 1.99. The van der Waals surface area contributed by atoms with Crippen molar-refractivity contribution in [2.45, 2.75) is 13.3 Å². The van der Waals surface area contributed by atoms with Gasteiger partial charge in [0.05, 0.1) is 23.9 Å². The van der Waals surface area contributed by atoms with Gasteiger partial charge >= 0.3 is 0 Å². The molecule has 0 aliphatic rings. The second-order valence-corrected chi connectivity index (χ2v) is 2.05. The summed E-state index contributed by atoms with van der Waals surface area (Å²) in [6.45, 7) is 1.54. The zero-order valence-electron chi connectivity index (χ0n) is 6.00. The summed E-state index contributed by atoms with van der Waals surface area (Å²) < 4.78 is 12.9. The second kappa shape index (κ2) is 3.06. The Labute approximate surface area is 63.5 Å². The second-order valence-electron chi connectivity index (χ2n) is 2.05. The van der Waals surface area contributed by atoms with E-state index in [9.17, 15) is 4.39 Å². The smallest absolute Gasteiger partial charge is 0.166 e. The molecule has 0 radical (unpaired) electrons. The monoisotopic (exact) mass is 151 g/mol. The summed E-state index contributed by atoms with van der Waals surface area (Å²) in [5.74, 6) is -0.478. The van der Waals surface area contributed by atoms with Crippen LogP contribution in [0.4, 0.5) is 4.39 Å². The van der Waals surface area contributed by atoms with Crippen LogP contribution in [0.2, 0.25) is 0 Å². The maximum absolute atomic E-state index is 12.9. The van der Waals surface area contributed by atoms with Gasteiger partial charge in [-0.15, -0.1) is 0 Å². The average molecular weight is 151 g/mol. The van der Waals surface area contributed by atoms with Crippen molar-refractivity contribution in [3.63, 3.8) is 0 Å². The van der Waals surface area contributed by atoms with E-state index in [-0.39, 0.29) is 17.8 Å². The standard InChI is InChI=1S/C7H6FN3/c1-5-7(8)6(2-3-9)11-4-10-5/h4H,2H2,1H3. The molecule has 3 nitrogen and oxygen atoms in total. The number of aryl methyl sites for hydroxylation is 1. The Bertz CT molecular complexity index is 303. The Morgan fingerprint density at radius 2 is 2.36 bits per heavy atom. The van der Waals surface area contributed by atoms with E-state index in [0.29, 0.717) is 0 Å². The van der Waals surface area contributed by atoms with Crippen LogP contribution in [0.25, 0.3) is 0 Å². The molecule has 56 valence electrons. The van der Waals surface area contributed by atoms with E-state index in [1.54, 1.807) is 0 Å². The minimum Gasteiger partial charge on any atom is -0.239 e. The molecule has 0 saturated carbocycles. The normalized spacial score (nSPS) is 9.18. The highest BCUT2D eigenvalue weighted by molar-refractivity contribution is 5.13. The summed E-state index contributed by atoms with van der Waals surface area (Å²) in [5.41, 5.74) is 0.449. The maximum Gasteiger partial charge on any atom is 0.166 e. The molecule has 0 aliphatic heterocycles. The molecule has 1 aromatic heterocycles. The van der Waals surface area contributed by atoms with Gasteiger partial charge in [-0.3, -0.25) is 0 Å². The number of rotatable bonds is 1. The largest absolute Gasteiger partial charge is 0.239 e. The minimum absolute atomic E-state index is 0.00477. The SMILES string of the molecule is Cc1ncnc(CC#N)c1F. The first-order chi connectivity index (χ1) is 5.25. The molecule has 0 unspecified atom stereocenters. The van der Waals surface area contributed by atoms with Crippen LogP contribution in [0.3, 0.4) is 0 Å². The van der Waals surface area contributed by atoms with Crippen molar-refractivity contribution in [2.24, 2.45) is 0 Å². The molecule has 0 aliphatic carbocycles. The van der Waals surface area contributed by atoms with Crippen LogP contribution in [0.5, 0.6) is 0 Å². The molecule has 0 fully saturated rings. The van der Waals surface area contributed by atoms with Gasteiger partial charge in [-0.1, -0.05) is 0 Å². The first-order valence-electron chi connectivity index (χ1n) is 3.08. The van der Waals surface area contributed by atoms with E-state index in [1.165, 1.54) is 13.3 Å². The predicted octanol–water partition coefficient (Wildman–Crippen LogP) is 0.990. The van der Waals surface area contributed by atoms with Gasteiger partial charge in [-0.05, 0) is 6.92 Å². The van der Waals surface area contributed by atoms with E-state index in [1.807, 2.05) is 6.07 Å². The molecule has 11 heavy (non-hydrogen) atoms. The zero-order chi connectivity index (χ0) is 8.27. The molecule has 0 amide bonds. The predicted molar refractivity (Wildman–Crippen MR) is 36.0 cm³/mol. The Kier molecular flexibility index (Phi) is 2.12. The van der Waals surface area contributed by atoms with Crippen LogP contribution in [0.15, 0.2) is 6.33 Å². The number of nitrogens with zero attached hydrogens (tertiary/aromatic N) is 3. The number of halogens is 1. The topological polar surface area (TPSA) is 49.6 Å². The lowest BCUT2D eigenvalue weighted by molar-refractivity contribution is 0.585. The van der Waals surface area contributed by atoms with Crippen LogP contribution in [0.1, 0.15) is 11.4 Å². The molecule has 0 saturated heterocycles. The van der Waals surface area contributed by atoms with Crippen LogP contribution in [-0.2, 0) is 6.42 Å². The highest BCUT2D eigenvalue weighted by atomic mass is 19.1. The third-order valence-electron chi connectivity index (χ3n) is 1.28. The summed E-state index contributed by atoms with van der Waals surface area (Å²) in [6, 6.07) is 1.82. The third kappa shape index (κ3) is 1.49. The summed E-state index contributed by atoms with van der Waals surface area (Å²) in [6.07, 6.45) is 1.25. The van der Waals surface area contributed by atoms with Crippen molar-refractivity contribution in [3.05, 3.63) is 23.5 Å². The fourth-order valence-corrected chi connectivity index (χ4v) is 0.705. The molecule has 0 spiro atoms. The molecule has 1 rings (SSSR count). The molecule has 0 aromatic carbocycles. The summed E-state index contributed by atoms with van der Waals surface area (Å²) in [4.78, 5) is 7.25. The van der Waals surface area contributed by atoms with Gasteiger partial charge in [-0.2, -0.15) is 5.26 Å². The minimum atomic E-state index is -0.478. The van der Waals surface area contributed by atoms with E-state index in [2.05, 4.69) is 9.97 Å². The quantitative estimate of drug-likeness (QED) is 0.601. The Hall–Kier alpha value is -1.50. The number of aromatic nitrogens is 2. The Balaban J connectivity index is 3.08. The van der Waals surface area contributed by atoms with Gasteiger partial charge in [0.2, 0.25) is 0 Å². The van der Waals surface area contributed by atoms with Crippen LogP contribution < -0.4 is 0 Å². The first kappa shape index (κ1) is 7.61. The van der Waals surface area contributed by atoms with E-state index < -0.39 is 5.82 Å². The van der Waals surface area contributed by atoms with Gasteiger partial charge in [-0.25, -0.2) is 14.4 Å². The molecule has 1 aromatic rings. The lowest BCUT2D eigenvalue weighted by atomic mass is 10.2. The molecular weight excluding hydrogens is 145 g/mol. The van der Waals surface area contributed by atoms with Gasteiger partial charge in [0.25, 0.3) is 0 Å².